The van der Waals surface area contributed by atoms with Gasteiger partial charge in [0.05, 0.1) is 0 Å². The summed E-state index contributed by atoms with van der Waals surface area (Å²) < 4.78 is 0. The first kappa shape index (κ1) is 20.4. The molecule has 1 unspecified atom stereocenters. The van der Waals surface area contributed by atoms with Crippen molar-refractivity contribution in [1.29, 1.82) is 0 Å². The quantitative estimate of drug-likeness (QED) is 0.477. The first-order valence-corrected chi connectivity index (χ1v) is 9.27. The van der Waals surface area contributed by atoms with Crippen LogP contribution in [0.3, 0.4) is 0 Å². The predicted molar refractivity (Wildman–Crippen MR) is 109 cm³/mol. The molecule has 0 aromatic heterocycles. The third-order valence-electron chi connectivity index (χ3n) is 4.50. The molecule has 1 heterocycles. The topological polar surface area (TPSA) is 3.24 Å². The van der Waals surface area contributed by atoms with E-state index in [2.05, 4.69) is 82.3 Å². The lowest BCUT2D eigenvalue weighted by Gasteiger charge is -2.26. The number of hydrogen-bond acceptors (Lipinski definition) is 1. The smallest absolute Gasteiger partial charge is 0.0227 e. The Kier molecular flexibility index (Phi) is 9.41. The summed E-state index contributed by atoms with van der Waals surface area (Å²) in [7, 11) is 2.15. The monoisotopic (exact) mass is 325 g/mol. The molecule has 0 saturated carbocycles. The molecular weight excluding hydrogens is 290 g/mol. The van der Waals surface area contributed by atoms with Crippen molar-refractivity contribution >= 4 is 0 Å². The summed E-state index contributed by atoms with van der Waals surface area (Å²) in [5.41, 5.74) is 5.29. The molecule has 0 aromatic rings. The van der Waals surface area contributed by atoms with Crippen LogP contribution >= 0.6 is 0 Å². The molecule has 132 valence electrons. The van der Waals surface area contributed by atoms with E-state index in [-0.39, 0.29) is 0 Å². The number of hydrogen-bond donors (Lipinski definition) is 0. The second kappa shape index (κ2) is 11.0. The largest absolute Gasteiger partial charge is 0.302 e. The van der Waals surface area contributed by atoms with Crippen LogP contribution in [0, 0.1) is 5.92 Å². The van der Waals surface area contributed by atoms with Crippen LogP contribution in [-0.4, -0.2) is 25.0 Å². The highest BCUT2D eigenvalue weighted by atomic mass is 15.1. The number of likely N-dealkylation sites (N-methyl/N-ethyl adjacent to an activating group) is 1. The molecule has 1 heteroatoms. The van der Waals surface area contributed by atoms with E-state index in [0.717, 1.165) is 32.4 Å². The standard InChI is InChI=1S/C23H35N/c1-7-11-22(20(4)8-2)14-9-12-19(3)13-10-15-23-16-17-24(6)18-21(23)5/h9-10,12-15,19H,4-5,7-8,11,16-18H2,1-3,6H3/b12-9+,13-10+,22-14-,23-15-. The highest BCUT2D eigenvalue weighted by molar-refractivity contribution is 5.35. The SMILES string of the molecule is C=C(CC)/C(=C\C=C\C(C)/C=C/C=C1/CCN(C)CC1=C)CCC. The zero-order chi connectivity index (χ0) is 17.9. The highest BCUT2D eigenvalue weighted by Gasteiger charge is 2.12. The van der Waals surface area contributed by atoms with E-state index in [1.165, 1.54) is 28.7 Å². The second-order valence-corrected chi connectivity index (χ2v) is 6.81. The Hall–Kier alpha value is -1.60. The molecular formula is C23H35N. The van der Waals surface area contributed by atoms with Crippen molar-refractivity contribution in [2.24, 2.45) is 5.92 Å². The summed E-state index contributed by atoms with van der Waals surface area (Å²) in [6, 6.07) is 0. The van der Waals surface area contributed by atoms with Crippen molar-refractivity contribution in [3.63, 3.8) is 0 Å². The molecule has 0 amide bonds. The fourth-order valence-electron chi connectivity index (χ4n) is 2.83. The zero-order valence-electron chi connectivity index (χ0n) is 16.1. The van der Waals surface area contributed by atoms with Crippen LogP contribution in [-0.2, 0) is 0 Å². The van der Waals surface area contributed by atoms with Crippen molar-refractivity contribution in [3.8, 4) is 0 Å². The van der Waals surface area contributed by atoms with Gasteiger partial charge in [-0.15, -0.1) is 0 Å². The van der Waals surface area contributed by atoms with Crippen LogP contribution in [0.1, 0.15) is 46.5 Å². The van der Waals surface area contributed by atoms with Gasteiger partial charge in [0.2, 0.25) is 0 Å². The lowest BCUT2D eigenvalue weighted by atomic mass is 9.98. The number of piperidine rings is 1. The fourth-order valence-corrected chi connectivity index (χ4v) is 2.83. The molecule has 1 atom stereocenters. The van der Waals surface area contributed by atoms with Crippen molar-refractivity contribution in [2.45, 2.75) is 46.5 Å². The van der Waals surface area contributed by atoms with Crippen LogP contribution in [0.2, 0.25) is 0 Å². The van der Waals surface area contributed by atoms with Gasteiger partial charge in [-0.2, -0.15) is 0 Å². The Labute approximate surface area is 149 Å². The van der Waals surface area contributed by atoms with E-state index in [1.807, 2.05) is 0 Å². The van der Waals surface area contributed by atoms with Gasteiger partial charge >= 0.3 is 0 Å². The second-order valence-electron chi connectivity index (χ2n) is 6.81. The number of likely N-dealkylation sites (tertiary alicyclic amines) is 1. The van der Waals surface area contributed by atoms with Gasteiger partial charge in [0.15, 0.2) is 0 Å². The Morgan fingerprint density at radius 3 is 2.58 bits per heavy atom. The summed E-state index contributed by atoms with van der Waals surface area (Å²) in [5, 5.41) is 0. The number of nitrogens with zero attached hydrogens (tertiary/aromatic N) is 1. The minimum absolute atomic E-state index is 0.426. The van der Waals surface area contributed by atoms with Gasteiger partial charge in [0.1, 0.15) is 0 Å². The molecule has 0 radical (unpaired) electrons. The van der Waals surface area contributed by atoms with Gasteiger partial charge in [-0.3, -0.25) is 0 Å². The van der Waals surface area contributed by atoms with E-state index >= 15 is 0 Å². The molecule has 1 nitrogen and oxygen atoms in total. The maximum absolute atomic E-state index is 4.18. The van der Waals surface area contributed by atoms with E-state index in [0.29, 0.717) is 5.92 Å². The molecule has 1 saturated heterocycles. The molecule has 1 aliphatic heterocycles. The zero-order valence-corrected chi connectivity index (χ0v) is 16.1. The Balaban J connectivity index is 2.59. The fraction of sp³-hybridized carbons (Fsp3) is 0.478. The summed E-state index contributed by atoms with van der Waals surface area (Å²) in [6.07, 6.45) is 17.7. The molecule has 1 fully saturated rings. The normalized spacial score (nSPS) is 20.4. The van der Waals surface area contributed by atoms with Gasteiger partial charge < -0.3 is 4.90 Å². The molecule has 1 rings (SSSR count). The summed E-state index contributed by atoms with van der Waals surface area (Å²) in [5.74, 6) is 0.426. The van der Waals surface area contributed by atoms with E-state index in [9.17, 15) is 0 Å². The highest BCUT2D eigenvalue weighted by Crippen LogP contribution is 2.20. The maximum atomic E-state index is 4.18. The Bertz CT molecular complexity index is 542. The van der Waals surface area contributed by atoms with E-state index in [4.69, 9.17) is 0 Å². The minimum atomic E-state index is 0.426. The van der Waals surface area contributed by atoms with Gasteiger partial charge in [0.25, 0.3) is 0 Å². The van der Waals surface area contributed by atoms with Crippen LogP contribution in [0.5, 0.6) is 0 Å². The average Bonchev–Trinajstić information content (AvgIpc) is 2.55. The Morgan fingerprint density at radius 2 is 1.96 bits per heavy atom. The summed E-state index contributed by atoms with van der Waals surface area (Å²) in [4.78, 5) is 2.32. The molecule has 1 aliphatic rings. The maximum Gasteiger partial charge on any atom is 0.0227 e. The minimum Gasteiger partial charge on any atom is -0.302 e. The lowest BCUT2D eigenvalue weighted by Crippen LogP contribution is -2.27. The number of allylic oxidation sites excluding steroid dienone is 8. The Morgan fingerprint density at radius 1 is 1.25 bits per heavy atom. The molecule has 0 bridgehead atoms. The first-order valence-electron chi connectivity index (χ1n) is 9.27. The molecule has 0 spiro atoms. The first-order chi connectivity index (χ1) is 11.5. The van der Waals surface area contributed by atoms with E-state index in [1.54, 1.807) is 0 Å². The van der Waals surface area contributed by atoms with Crippen molar-refractivity contribution in [2.75, 3.05) is 20.1 Å². The predicted octanol–water partition coefficient (Wildman–Crippen LogP) is 6.25. The third kappa shape index (κ3) is 7.31. The van der Waals surface area contributed by atoms with Crippen molar-refractivity contribution < 1.29 is 0 Å². The van der Waals surface area contributed by atoms with Crippen LogP contribution in [0.4, 0.5) is 0 Å². The summed E-state index contributed by atoms with van der Waals surface area (Å²) in [6.45, 7) is 17.1. The van der Waals surface area contributed by atoms with E-state index < -0.39 is 0 Å². The molecule has 24 heavy (non-hydrogen) atoms. The lowest BCUT2D eigenvalue weighted by molar-refractivity contribution is 0.348. The molecule has 0 N–H and O–H groups in total. The van der Waals surface area contributed by atoms with Gasteiger partial charge in [0, 0.05) is 13.1 Å². The van der Waals surface area contributed by atoms with Gasteiger partial charge in [-0.25, -0.2) is 0 Å². The number of rotatable bonds is 8. The molecule has 0 aliphatic carbocycles. The molecule has 0 aromatic carbocycles. The van der Waals surface area contributed by atoms with Crippen molar-refractivity contribution in [1.82, 2.24) is 4.90 Å². The van der Waals surface area contributed by atoms with Gasteiger partial charge in [-0.05, 0) is 48.9 Å². The van der Waals surface area contributed by atoms with Crippen LogP contribution < -0.4 is 0 Å². The summed E-state index contributed by atoms with van der Waals surface area (Å²) >= 11 is 0. The van der Waals surface area contributed by atoms with Crippen molar-refractivity contribution in [3.05, 3.63) is 71.9 Å². The van der Waals surface area contributed by atoms with Crippen LogP contribution in [0.25, 0.3) is 0 Å². The van der Waals surface area contributed by atoms with Gasteiger partial charge in [-0.1, -0.05) is 82.4 Å². The third-order valence-corrected chi connectivity index (χ3v) is 4.50. The van der Waals surface area contributed by atoms with Crippen LogP contribution in [0.15, 0.2) is 71.9 Å². The average molecular weight is 326 g/mol.